The molecule has 3 N–H and O–H groups in total. The maximum atomic E-state index is 13.4. The summed E-state index contributed by atoms with van der Waals surface area (Å²) in [5.41, 5.74) is 5.35. The number of rotatable bonds is 4. The average molecular weight is 271 g/mol. The van der Waals surface area contributed by atoms with E-state index >= 15 is 0 Å². The fourth-order valence-electron chi connectivity index (χ4n) is 1.34. The van der Waals surface area contributed by atoms with Gasteiger partial charge in [-0.05, 0) is 18.2 Å². The Balaban J connectivity index is 2.82. The second kappa shape index (κ2) is 5.66. The standard InChI is InChI=1S/C10H11ClF4N2/c11-6-1-2-8(12)7(3-6)9(4-16)17-5-10(13,14)15/h1-3,9,17H,4-5,16H2. The fourth-order valence-corrected chi connectivity index (χ4v) is 1.52. The first kappa shape index (κ1) is 14.2. The summed E-state index contributed by atoms with van der Waals surface area (Å²) >= 11 is 5.65. The van der Waals surface area contributed by atoms with Crippen LogP contribution in [0.5, 0.6) is 0 Å². The van der Waals surface area contributed by atoms with Gasteiger partial charge in [-0.25, -0.2) is 4.39 Å². The fraction of sp³-hybridized carbons (Fsp3) is 0.400. The Morgan fingerprint density at radius 1 is 1.35 bits per heavy atom. The van der Waals surface area contributed by atoms with Crippen LogP contribution in [-0.2, 0) is 0 Å². The van der Waals surface area contributed by atoms with Crippen LogP contribution in [0, 0.1) is 5.82 Å². The van der Waals surface area contributed by atoms with Gasteiger partial charge in [0.15, 0.2) is 0 Å². The van der Waals surface area contributed by atoms with Gasteiger partial charge in [-0.3, -0.25) is 0 Å². The maximum absolute atomic E-state index is 13.4. The van der Waals surface area contributed by atoms with Gasteiger partial charge >= 0.3 is 6.18 Å². The Morgan fingerprint density at radius 2 is 2.00 bits per heavy atom. The van der Waals surface area contributed by atoms with Crippen molar-refractivity contribution in [3.05, 3.63) is 34.6 Å². The lowest BCUT2D eigenvalue weighted by atomic mass is 10.1. The summed E-state index contributed by atoms with van der Waals surface area (Å²) in [6, 6.07) is 2.75. The highest BCUT2D eigenvalue weighted by atomic mass is 35.5. The predicted octanol–water partition coefficient (Wildman–Crippen LogP) is 2.63. The zero-order valence-corrected chi connectivity index (χ0v) is 9.45. The Labute approximate surface area is 101 Å². The van der Waals surface area contributed by atoms with Crippen LogP contribution in [0.15, 0.2) is 18.2 Å². The molecule has 96 valence electrons. The number of nitrogens with one attached hydrogen (secondary N) is 1. The number of alkyl halides is 3. The maximum Gasteiger partial charge on any atom is 0.401 e. The first-order chi connectivity index (χ1) is 7.83. The van der Waals surface area contributed by atoms with Gasteiger partial charge in [0.1, 0.15) is 5.82 Å². The Bertz CT molecular complexity index is 381. The predicted molar refractivity (Wildman–Crippen MR) is 57.3 cm³/mol. The van der Waals surface area contributed by atoms with Gasteiger partial charge in [-0.1, -0.05) is 11.6 Å². The van der Waals surface area contributed by atoms with E-state index in [1.54, 1.807) is 0 Å². The molecule has 1 aromatic rings. The zero-order chi connectivity index (χ0) is 13.1. The van der Waals surface area contributed by atoms with Crippen LogP contribution in [-0.4, -0.2) is 19.3 Å². The first-order valence-electron chi connectivity index (χ1n) is 4.78. The monoisotopic (exact) mass is 270 g/mol. The molecule has 0 radical (unpaired) electrons. The van der Waals surface area contributed by atoms with Crippen molar-refractivity contribution in [1.82, 2.24) is 5.32 Å². The molecule has 0 bridgehead atoms. The van der Waals surface area contributed by atoms with Gasteiger partial charge in [0, 0.05) is 23.2 Å². The van der Waals surface area contributed by atoms with Crippen molar-refractivity contribution in [3.8, 4) is 0 Å². The Hall–Kier alpha value is -0.850. The molecule has 1 aromatic carbocycles. The summed E-state index contributed by atoms with van der Waals surface area (Å²) < 4.78 is 49.5. The molecule has 1 rings (SSSR count). The van der Waals surface area contributed by atoms with Crippen molar-refractivity contribution in [2.24, 2.45) is 5.73 Å². The van der Waals surface area contributed by atoms with E-state index in [0.29, 0.717) is 0 Å². The molecule has 0 aromatic heterocycles. The third-order valence-electron chi connectivity index (χ3n) is 2.12. The second-order valence-corrected chi connectivity index (χ2v) is 3.89. The van der Waals surface area contributed by atoms with Crippen LogP contribution >= 0.6 is 11.6 Å². The molecule has 7 heteroatoms. The van der Waals surface area contributed by atoms with E-state index in [1.807, 2.05) is 0 Å². The highest BCUT2D eigenvalue weighted by molar-refractivity contribution is 6.30. The van der Waals surface area contributed by atoms with Gasteiger partial charge < -0.3 is 11.1 Å². The molecule has 0 aliphatic heterocycles. The molecule has 0 spiro atoms. The Morgan fingerprint density at radius 3 is 2.53 bits per heavy atom. The summed E-state index contributed by atoms with van der Waals surface area (Å²) in [5.74, 6) is -0.639. The molecule has 1 unspecified atom stereocenters. The molecule has 0 aliphatic rings. The minimum atomic E-state index is -4.37. The minimum absolute atomic E-state index is 0.0317. The molecule has 2 nitrogen and oxygen atoms in total. The van der Waals surface area contributed by atoms with Crippen molar-refractivity contribution in [3.63, 3.8) is 0 Å². The van der Waals surface area contributed by atoms with E-state index in [4.69, 9.17) is 17.3 Å². The zero-order valence-electron chi connectivity index (χ0n) is 8.69. The summed E-state index contributed by atoms with van der Waals surface area (Å²) in [6.45, 7) is -1.39. The third kappa shape index (κ3) is 4.49. The van der Waals surface area contributed by atoms with Crippen molar-refractivity contribution in [2.45, 2.75) is 12.2 Å². The van der Waals surface area contributed by atoms with Crippen molar-refractivity contribution >= 4 is 11.6 Å². The number of nitrogens with two attached hydrogens (primary N) is 1. The quantitative estimate of drug-likeness (QED) is 0.826. The molecule has 0 amide bonds. The van der Waals surface area contributed by atoms with Gasteiger partial charge in [0.25, 0.3) is 0 Å². The number of halogens is 5. The van der Waals surface area contributed by atoms with Crippen molar-refractivity contribution < 1.29 is 17.6 Å². The van der Waals surface area contributed by atoms with E-state index in [-0.39, 0.29) is 17.1 Å². The molecule has 0 aliphatic carbocycles. The van der Waals surface area contributed by atoms with E-state index in [0.717, 1.165) is 6.07 Å². The largest absolute Gasteiger partial charge is 0.401 e. The third-order valence-corrected chi connectivity index (χ3v) is 2.35. The molecule has 1 atom stereocenters. The topological polar surface area (TPSA) is 38.0 Å². The van der Waals surface area contributed by atoms with Gasteiger partial charge in [0.05, 0.1) is 6.54 Å². The van der Waals surface area contributed by atoms with Crippen molar-refractivity contribution in [2.75, 3.05) is 13.1 Å². The van der Waals surface area contributed by atoms with Crippen LogP contribution in [0.25, 0.3) is 0 Å². The SMILES string of the molecule is NCC(NCC(F)(F)F)c1cc(Cl)ccc1F. The van der Waals surface area contributed by atoms with Gasteiger partial charge in [-0.2, -0.15) is 13.2 Å². The smallest absolute Gasteiger partial charge is 0.329 e. The molecule has 0 saturated carbocycles. The summed E-state index contributed by atoms with van der Waals surface area (Å²) in [4.78, 5) is 0. The van der Waals surface area contributed by atoms with Crippen LogP contribution in [0.2, 0.25) is 5.02 Å². The first-order valence-corrected chi connectivity index (χ1v) is 5.16. The second-order valence-electron chi connectivity index (χ2n) is 3.45. The van der Waals surface area contributed by atoms with E-state index in [1.165, 1.54) is 12.1 Å². The number of hydrogen-bond donors (Lipinski definition) is 2. The average Bonchev–Trinajstić information content (AvgIpc) is 2.22. The lowest BCUT2D eigenvalue weighted by Gasteiger charge is -2.19. The summed E-state index contributed by atoms with van der Waals surface area (Å²) in [5, 5.41) is 2.39. The van der Waals surface area contributed by atoms with Gasteiger partial charge in [-0.15, -0.1) is 0 Å². The van der Waals surface area contributed by atoms with E-state index in [2.05, 4.69) is 5.32 Å². The number of hydrogen-bond acceptors (Lipinski definition) is 2. The minimum Gasteiger partial charge on any atom is -0.329 e. The van der Waals surface area contributed by atoms with Crippen LogP contribution in [0.3, 0.4) is 0 Å². The lowest BCUT2D eigenvalue weighted by molar-refractivity contribution is -0.126. The molecular formula is C10H11ClF4N2. The number of benzene rings is 1. The molecule has 17 heavy (non-hydrogen) atoms. The summed E-state index contributed by atoms with van der Waals surface area (Å²) in [7, 11) is 0. The van der Waals surface area contributed by atoms with Gasteiger partial charge in [0.2, 0.25) is 0 Å². The molecule has 0 fully saturated rings. The van der Waals surface area contributed by atoms with Crippen LogP contribution in [0.4, 0.5) is 17.6 Å². The molecule has 0 heterocycles. The highest BCUT2D eigenvalue weighted by Crippen LogP contribution is 2.22. The normalized spacial score (nSPS) is 13.8. The summed E-state index contributed by atoms with van der Waals surface area (Å²) in [6.07, 6.45) is -4.37. The molecule has 0 saturated heterocycles. The highest BCUT2D eigenvalue weighted by Gasteiger charge is 2.28. The lowest BCUT2D eigenvalue weighted by Crippen LogP contribution is -2.36. The van der Waals surface area contributed by atoms with Crippen molar-refractivity contribution in [1.29, 1.82) is 0 Å². The van der Waals surface area contributed by atoms with E-state index < -0.39 is 24.6 Å². The van der Waals surface area contributed by atoms with Crippen LogP contribution in [0.1, 0.15) is 11.6 Å². The van der Waals surface area contributed by atoms with Crippen LogP contribution < -0.4 is 11.1 Å². The van der Waals surface area contributed by atoms with E-state index in [9.17, 15) is 17.6 Å². The Kier molecular flexibility index (Phi) is 4.73. The molecular weight excluding hydrogens is 260 g/mol.